The summed E-state index contributed by atoms with van der Waals surface area (Å²) < 4.78 is 5.66. The molecule has 98 valence electrons. The van der Waals surface area contributed by atoms with E-state index in [4.69, 9.17) is 16.3 Å². The minimum absolute atomic E-state index is 0.351. The maximum atomic E-state index is 6.00. The summed E-state index contributed by atoms with van der Waals surface area (Å²) in [7, 11) is 0. The van der Waals surface area contributed by atoms with Gasteiger partial charge in [-0.1, -0.05) is 41.9 Å². The first-order valence-electron chi connectivity index (χ1n) is 6.52. The Kier molecular flexibility index (Phi) is 3.72. The highest BCUT2D eigenvalue weighted by Crippen LogP contribution is 2.31. The SMILES string of the molecule is Clc1cccc(CNC2CCOc3ccccc32)c1. The van der Waals surface area contributed by atoms with E-state index >= 15 is 0 Å². The van der Waals surface area contributed by atoms with Crippen molar-refractivity contribution in [3.05, 3.63) is 64.7 Å². The molecule has 3 heteroatoms. The van der Waals surface area contributed by atoms with Crippen LogP contribution in [0.25, 0.3) is 0 Å². The molecule has 1 aliphatic heterocycles. The van der Waals surface area contributed by atoms with Gasteiger partial charge in [0.15, 0.2) is 0 Å². The molecule has 0 bridgehead atoms. The molecule has 1 atom stereocenters. The predicted octanol–water partition coefficient (Wildman–Crippen LogP) is 3.95. The number of ether oxygens (including phenoxy) is 1. The molecule has 19 heavy (non-hydrogen) atoms. The average molecular weight is 274 g/mol. The number of hydrogen-bond acceptors (Lipinski definition) is 2. The molecule has 0 saturated carbocycles. The first-order chi connectivity index (χ1) is 9.33. The molecule has 2 aromatic rings. The highest BCUT2D eigenvalue weighted by atomic mass is 35.5. The monoisotopic (exact) mass is 273 g/mol. The molecule has 2 nitrogen and oxygen atoms in total. The van der Waals surface area contributed by atoms with Crippen molar-refractivity contribution in [2.45, 2.75) is 19.0 Å². The molecule has 0 fully saturated rings. The van der Waals surface area contributed by atoms with Crippen LogP contribution in [0.4, 0.5) is 0 Å². The fourth-order valence-electron chi connectivity index (χ4n) is 2.44. The van der Waals surface area contributed by atoms with E-state index < -0.39 is 0 Å². The zero-order valence-electron chi connectivity index (χ0n) is 10.6. The highest BCUT2D eigenvalue weighted by Gasteiger charge is 2.20. The second kappa shape index (κ2) is 5.64. The van der Waals surface area contributed by atoms with E-state index in [0.29, 0.717) is 6.04 Å². The summed E-state index contributed by atoms with van der Waals surface area (Å²) in [6, 6.07) is 16.5. The average Bonchev–Trinajstić information content (AvgIpc) is 2.45. The molecule has 0 spiro atoms. The van der Waals surface area contributed by atoms with Gasteiger partial charge in [-0.25, -0.2) is 0 Å². The van der Waals surface area contributed by atoms with Crippen LogP contribution in [0.1, 0.15) is 23.6 Å². The van der Waals surface area contributed by atoms with Crippen molar-refractivity contribution in [1.29, 1.82) is 0 Å². The van der Waals surface area contributed by atoms with Crippen molar-refractivity contribution in [2.24, 2.45) is 0 Å². The van der Waals surface area contributed by atoms with Gasteiger partial charge in [0.05, 0.1) is 6.61 Å². The lowest BCUT2D eigenvalue weighted by Crippen LogP contribution is -2.26. The Morgan fingerprint density at radius 1 is 1.16 bits per heavy atom. The zero-order valence-corrected chi connectivity index (χ0v) is 11.4. The Bertz CT molecular complexity index is 570. The summed E-state index contributed by atoms with van der Waals surface area (Å²) in [5, 5.41) is 4.37. The van der Waals surface area contributed by atoms with Crippen LogP contribution in [-0.2, 0) is 6.54 Å². The maximum absolute atomic E-state index is 6.00. The van der Waals surface area contributed by atoms with Crippen molar-refractivity contribution in [1.82, 2.24) is 5.32 Å². The first-order valence-corrected chi connectivity index (χ1v) is 6.90. The molecule has 1 unspecified atom stereocenters. The highest BCUT2D eigenvalue weighted by molar-refractivity contribution is 6.30. The van der Waals surface area contributed by atoms with Gasteiger partial charge in [0, 0.05) is 29.6 Å². The molecular weight excluding hydrogens is 258 g/mol. The second-order valence-electron chi connectivity index (χ2n) is 4.74. The number of rotatable bonds is 3. The Balaban J connectivity index is 1.71. The molecule has 0 saturated heterocycles. The molecule has 2 aromatic carbocycles. The molecule has 0 radical (unpaired) electrons. The normalized spacial score (nSPS) is 17.6. The molecule has 0 aliphatic carbocycles. The van der Waals surface area contributed by atoms with Crippen LogP contribution in [-0.4, -0.2) is 6.61 Å². The van der Waals surface area contributed by atoms with Crippen LogP contribution >= 0.6 is 11.6 Å². The van der Waals surface area contributed by atoms with Gasteiger partial charge in [-0.05, 0) is 23.8 Å². The topological polar surface area (TPSA) is 21.3 Å². The second-order valence-corrected chi connectivity index (χ2v) is 5.17. The lowest BCUT2D eigenvalue weighted by Gasteiger charge is -2.26. The number of fused-ring (bicyclic) bond motifs is 1. The lowest BCUT2D eigenvalue weighted by atomic mass is 10.0. The quantitative estimate of drug-likeness (QED) is 0.914. The van der Waals surface area contributed by atoms with Crippen molar-refractivity contribution in [3.63, 3.8) is 0 Å². The maximum Gasteiger partial charge on any atom is 0.124 e. The molecule has 3 rings (SSSR count). The summed E-state index contributed by atoms with van der Waals surface area (Å²) >= 11 is 6.00. The van der Waals surface area contributed by atoms with Crippen molar-refractivity contribution < 1.29 is 4.74 Å². The minimum Gasteiger partial charge on any atom is -0.493 e. The third kappa shape index (κ3) is 2.91. The van der Waals surface area contributed by atoms with Crippen LogP contribution in [0.5, 0.6) is 5.75 Å². The van der Waals surface area contributed by atoms with E-state index in [1.54, 1.807) is 0 Å². The fourth-order valence-corrected chi connectivity index (χ4v) is 2.65. The smallest absolute Gasteiger partial charge is 0.124 e. The summed E-state index contributed by atoms with van der Waals surface area (Å²) in [6.45, 7) is 1.59. The number of para-hydroxylation sites is 1. The molecule has 1 heterocycles. The van der Waals surface area contributed by atoms with E-state index in [0.717, 1.165) is 30.3 Å². The summed E-state index contributed by atoms with van der Waals surface area (Å²) in [6.07, 6.45) is 0.998. The number of hydrogen-bond donors (Lipinski definition) is 1. The van der Waals surface area contributed by atoms with Gasteiger partial charge in [0.25, 0.3) is 0 Å². The number of nitrogens with one attached hydrogen (secondary N) is 1. The van der Waals surface area contributed by atoms with Gasteiger partial charge in [0.1, 0.15) is 5.75 Å². The van der Waals surface area contributed by atoms with Crippen molar-refractivity contribution in [2.75, 3.05) is 6.61 Å². The standard InChI is InChI=1S/C16H16ClNO/c17-13-5-3-4-12(10-13)11-18-15-8-9-19-16-7-2-1-6-14(15)16/h1-7,10,15,18H,8-9,11H2. The van der Waals surface area contributed by atoms with Gasteiger partial charge >= 0.3 is 0 Å². The van der Waals surface area contributed by atoms with Crippen LogP contribution in [0.2, 0.25) is 5.02 Å². The summed E-state index contributed by atoms with van der Waals surface area (Å²) in [5.41, 5.74) is 2.45. The van der Waals surface area contributed by atoms with Gasteiger partial charge in [-0.3, -0.25) is 0 Å². The van der Waals surface area contributed by atoms with E-state index in [1.807, 2.05) is 30.3 Å². The predicted molar refractivity (Wildman–Crippen MR) is 77.6 cm³/mol. The fraction of sp³-hybridized carbons (Fsp3) is 0.250. The third-order valence-corrected chi connectivity index (χ3v) is 3.64. The third-order valence-electron chi connectivity index (χ3n) is 3.40. The molecule has 1 N–H and O–H groups in total. The van der Waals surface area contributed by atoms with Gasteiger partial charge < -0.3 is 10.1 Å². The molecular formula is C16H16ClNO. The van der Waals surface area contributed by atoms with Crippen molar-refractivity contribution >= 4 is 11.6 Å². The number of halogens is 1. The Morgan fingerprint density at radius 3 is 2.95 bits per heavy atom. The lowest BCUT2D eigenvalue weighted by molar-refractivity contribution is 0.252. The summed E-state index contributed by atoms with van der Waals surface area (Å²) in [5.74, 6) is 0.998. The van der Waals surface area contributed by atoms with Gasteiger partial charge in [-0.2, -0.15) is 0 Å². The van der Waals surface area contributed by atoms with Crippen LogP contribution in [0.3, 0.4) is 0 Å². The van der Waals surface area contributed by atoms with E-state index in [2.05, 4.69) is 23.5 Å². The largest absolute Gasteiger partial charge is 0.493 e. The van der Waals surface area contributed by atoms with E-state index in [-0.39, 0.29) is 0 Å². The molecule has 1 aliphatic rings. The molecule has 0 aromatic heterocycles. The molecule has 0 amide bonds. The van der Waals surface area contributed by atoms with Gasteiger partial charge in [-0.15, -0.1) is 0 Å². The minimum atomic E-state index is 0.351. The Hall–Kier alpha value is -1.51. The number of benzene rings is 2. The zero-order chi connectivity index (χ0) is 13.1. The summed E-state index contributed by atoms with van der Waals surface area (Å²) in [4.78, 5) is 0. The van der Waals surface area contributed by atoms with E-state index in [9.17, 15) is 0 Å². The Morgan fingerprint density at radius 2 is 2.05 bits per heavy atom. The van der Waals surface area contributed by atoms with E-state index in [1.165, 1.54) is 11.1 Å². The van der Waals surface area contributed by atoms with Crippen molar-refractivity contribution in [3.8, 4) is 5.75 Å². The van der Waals surface area contributed by atoms with Crippen LogP contribution < -0.4 is 10.1 Å². The first kappa shape index (κ1) is 12.5. The van der Waals surface area contributed by atoms with Gasteiger partial charge in [0.2, 0.25) is 0 Å². The Labute approximate surface area is 118 Å². The van der Waals surface area contributed by atoms with Crippen LogP contribution in [0.15, 0.2) is 48.5 Å². The van der Waals surface area contributed by atoms with Crippen LogP contribution in [0, 0.1) is 0 Å².